The molecule has 1 fully saturated rings. The van der Waals surface area contributed by atoms with Gasteiger partial charge in [-0.3, -0.25) is 4.90 Å². The molecule has 1 saturated heterocycles. The van der Waals surface area contributed by atoms with Gasteiger partial charge in [-0.25, -0.2) is 0 Å². The summed E-state index contributed by atoms with van der Waals surface area (Å²) in [7, 11) is 2.18. The van der Waals surface area contributed by atoms with Crippen molar-refractivity contribution in [3.8, 4) is 0 Å². The zero-order chi connectivity index (χ0) is 14.0. The summed E-state index contributed by atoms with van der Waals surface area (Å²) >= 11 is 11.2. The number of benzene rings is 1. The minimum absolute atomic E-state index is 0.407. The van der Waals surface area contributed by atoms with Crippen molar-refractivity contribution < 1.29 is 0 Å². The molecule has 0 aromatic heterocycles. The summed E-state index contributed by atoms with van der Waals surface area (Å²) in [6, 6.07) is 6.36. The first kappa shape index (κ1) is 14.6. The van der Waals surface area contributed by atoms with Gasteiger partial charge < -0.3 is 10.6 Å². The topological polar surface area (TPSA) is 32.5 Å². The Balaban J connectivity index is 2.29. The summed E-state index contributed by atoms with van der Waals surface area (Å²) in [5, 5.41) is 0.674. The summed E-state index contributed by atoms with van der Waals surface area (Å²) in [4.78, 5) is 5.18. The molecule has 19 heavy (non-hydrogen) atoms. The van der Waals surface area contributed by atoms with E-state index in [1.165, 1.54) is 0 Å². The first-order valence-electron chi connectivity index (χ1n) is 6.57. The van der Waals surface area contributed by atoms with Crippen LogP contribution >= 0.6 is 23.8 Å². The predicted molar refractivity (Wildman–Crippen MR) is 86.3 cm³/mol. The molecule has 1 aromatic carbocycles. The van der Waals surface area contributed by atoms with Crippen LogP contribution in [-0.2, 0) is 0 Å². The van der Waals surface area contributed by atoms with Crippen LogP contribution in [0.15, 0.2) is 18.2 Å². The highest BCUT2D eigenvalue weighted by Crippen LogP contribution is 2.26. The third-order valence-corrected chi connectivity index (χ3v) is 4.27. The van der Waals surface area contributed by atoms with E-state index >= 15 is 0 Å². The van der Waals surface area contributed by atoms with Crippen molar-refractivity contribution in [3.05, 3.63) is 28.8 Å². The van der Waals surface area contributed by atoms with Crippen LogP contribution in [0.5, 0.6) is 0 Å². The van der Waals surface area contributed by atoms with Gasteiger partial charge in [-0.1, -0.05) is 30.7 Å². The molecule has 1 atom stereocenters. The van der Waals surface area contributed by atoms with E-state index in [4.69, 9.17) is 29.6 Å². The maximum Gasteiger partial charge on any atom is 0.106 e. The van der Waals surface area contributed by atoms with E-state index in [2.05, 4.69) is 23.8 Å². The molecule has 1 aliphatic rings. The van der Waals surface area contributed by atoms with Gasteiger partial charge in [0.25, 0.3) is 0 Å². The van der Waals surface area contributed by atoms with Gasteiger partial charge in [-0.05, 0) is 31.7 Å². The Hall–Kier alpha value is -0.840. The number of hydrogen-bond donors (Lipinski definition) is 1. The average molecular weight is 298 g/mol. The Labute approximate surface area is 125 Å². The average Bonchev–Trinajstić information content (AvgIpc) is 2.39. The number of likely N-dealkylation sites (N-methyl/N-ethyl adjacent to an activating group) is 1. The Morgan fingerprint density at radius 3 is 2.84 bits per heavy atom. The highest BCUT2D eigenvalue weighted by Gasteiger charge is 2.24. The Morgan fingerprint density at radius 1 is 1.47 bits per heavy atom. The second-order valence-electron chi connectivity index (χ2n) is 5.01. The number of hydrogen-bond acceptors (Lipinski definition) is 3. The Bertz CT molecular complexity index is 478. The molecule has 104 valence electrons. The first-order chi connectivity index (χ1) is 9.02. The van der Waals surface area contributed by atoms with E-state index < -0.39 is 0 Å². The molecule has 5 heteroatoms. The molecule has 0 amide bonds. The van der Waals surface area contributed by atoms with Crippen LogP contribution in [0.4, 0.5) is 5.69 Å². The number of piperazine rings is 1. The molecule has 0 bridgehead atoms. The SMILES string of the molecule is CCC1CN(c2ccc(Cl)cc2C(N)=S)CCN1C. The zero-order valence-electron chi connectivity index (χ0n) is 11.4. The van der Waals surface area contributed by atoms with Crippen LogP contribution < -0.4 is 10.6 Å². The standard InChI is InChI=1S/C14H20ClN3S/c1-3-11-9-18(7-6-17(11)2)13-5-4-10(15)8-12(13)14(16)19/h4-5,8,11H,3,6-7,9H2,1-2H3,(H2,16,19). The van der Waals surface area contributed by atoms with Crippen molar-refractivity contribution in [1.29, 1.82) is 0 Å². The molecule has 1 unspecified atom stereocenters. The monoisotopic (exact) mass is 297 g/mol. The van der Waals surface area contributed by atoms with E-state index in [0.29, 0.717) is 16.1 Å². The number of halogens is 1. The number of rotatable bonds is 3. The van der Waals surface area contributed by atoms with Crippen LogP contribution in [0.1, 0.15) is 18.9 Å². The Morgan fingerprint density at radius 2 is 2.21 bits per heavy atom. The van der Waals surface area contributed by atoms with Gasteiger partial charge in [0.05, 0.1) is 0 Å². The fourth-order valence-electron chi connectivity index (χ4n) is 2.59. The lowest BCUT2D eigenvalue weighted by atomic mass is 10.1. The normalized spacial score (nSPS) is 20.6. The van der Waals surface area contributed by atoms with E-state index in [-0.39, 0.29) is 0 Å². The van der Waals surface area contributed by atoms with Crippen molar-refractivity contribution in [2.45, 2.75) is 19.4 Å². The molecule has 2 N–H and O–H groups in total. The van der Waals surface area contributed by atoms with Crippen molar-refractivity contribution in [1.82, 2.24) is 4.90 Å². The number of thiocarbonyl (C=S) groups is 1. The van der Waals surface area contributed by atoms with Gasteiger partial charge in [0.15, 0.2) is 0 Å². The number of anilines is 1. The molecule has 3 nitrogen and oxygen atoms in total. The van der Waals surface area contributed by atoms with Crippen molar-refractivity contribution >= 4 is 34.5 Å². The summed E-state index contributed by atoms with van der Waals surface area (Å²) in [6.07, 6.45) is 1.14. The predicted octanol–water partition coefficient (Wildman–Crippen LogP) is 2.50. The lowest BCUT2D eigenvalue weighted by molar-refractivity contribution is 0.213. The van der Waals surface area contributed by atoms with Gasteiger partial charge >= 0.3 is 0 Å². The first-order valence-corrected chi connectivity index (χ1v) is 7.36. The van der Waals surface area contributed by atoms with Crippen LogP contribution in [-0.4, -0.2) is 42.6 Å². The summed E-state index contributed by atoms with van der Waals surface area (Å²) < 4.78 is 0. The molecular weight excluding hydrogens is 278 g/mol. The van der Waals surface area contributed by atoms with Gasteiger partial charge in [-0.2, -0.15) is 0 Å². The van der Waals surface area contributed by atoms with Crippen molar-refractivity contribution in [2.75, 3.05) is 31.6 Å². The van der Waals surface area contributed by atoms with Crippen molar-refractivity contribution in [2.24, 2.45) is 5.73 Å². The number of nitrogens with two attached hydrogens (primary N) is 1. The fraction of sp³-hybridized carbons (Fsp3) is 0.500. The maximum atomic E-state index is 6.04. The van der Waals surface area contributed by atoms with Crippen LogP contribution in [0, 0.1) is 0 Å². The smallest absolute Gasteiger partial charge is 0.106 e. The minimum Gasteiger partial charge on any atom is -0.389 e. The maximum absolute atomic E-state index is 6.04. The summed E-state index contributed by atoms with van der Waals surface area (Å²) in [5.41, 5.74) is 7.80. The molecule has 0 radical (unpaired) electrons. The van der Waals surface area contributed by atoms with Crippen LogP contribution in [0.2, 0.25) is 5.02 Å². The highest BCUT2D eigenvalue weighted by atomic mass is 35.5. The molecule has 0 saturated carbocycles. The zero-order valence-corrected chi connectivity index (χ0v) is 13.0. The largest absolute Gasteiger partial charge is 0.389 e. The van der Waals surface area contributed by atoms with E-state index in [1.807, 2.05) is 18.2 Å². The third-order valence-electron chi connectivity index (χ3n) is 3.81. The molecule has 0 aliphatic carbocycles. The van der Waals surface area contributed by atoms with Gasteiger partial charge in [0, 0.05) is 41.9 Å². The molecule has 1 aromatic rings. The minimum atomic E-state index is 0.407. The quantitative estimate of drug-likeness (QED) is 0.869. The molecular formula is C14H20ClN3S. The summed E-state index contributed by atoms with van der Waals surface area (Å²) in [5.74, 6) is 0. The van der Waals surface area contributed by atoms with Crippen LogP contribution in [0.3, 0.4) is 0 Å². The molecule has 1 heterocycles. The van der Waals surface area contributed by atoms with Crippen molar-refractivity contribution in [3.63, 3.8) is 0 Å². The number of nitrogens with zero attached hydrogens (tertiary/aromatic N) is 2. The second kappa shape index (κ2) is 6.07. The van der Waals surface area contributed by atoms with E-state index in [9.17, 15) is 0 Å². The molecule has 1 aliphatic heterocycles. The van der Waals surface area contributed by atoms with Gasteiger partial charge in [-0.15, -0.1) is 0 Å². The van der Waals surface area contributed by atoms with E-state index in [0.717, 1.165) is 37.3 Å². The van der Waals surface area contributed by atoms with Gasteiger partial charge in [0.1, 0.15) is 4.99 Å². The second-order valence-corrected chi connectivity index (χ2v) is 5.89. The van der Waals surface area contributed by atoms with Crippen LogP contribution in [0.25, 0.3) is 0 Å². The lowest BCUT2D eigenvalue weighted by Gasteiger charge is -2.41. The fourth-order valence-corrected chi connectivity index (χ4v) is 2.92. The third kappa shape index (κ3) is 3.19. The molecule has 2 rings (SSSR count). The Kier molecular flexibility index (Phi) is 4.66. The molecule has 0 spiro atoms. The van der Waals surface area contributed by atoms with E-state index in [1.54, 1.807) is 0 Å². The highest BCUT2D eigenvalue weighted by molar-refractivity contribution is 7.80. The lowest BCUT2D eigenvalue weighted by Crippen LogP contribution is -2.51. The summed E-state index contributed by atoms with van der Waals surface area (Å²) in [6.45, 7) is 5.27. The van der Waals surface area contributed by atoms with Gasteiger partial charge in [0.2, 0.25) is 0 Å².